The summed E-state index contributed by atoms with van der Waals surface area (Å²) in [7, 11) is 0. The van der Waals surface area contributed by atoms with Crippen molar-refractivity contribution in [2.75, 3.05) is 13.2 Å². The maximum absolute atomic E-state index is 11.5. The Morgan fingerprint density at radius 3 is 2.33 bits per heavy atom. The van der Waals surface area contributed by atoms with Crippen LogP contribution in [0.1, 0.15) is 12.8 Å². The lowest BCUT2D eigenvalue weighted by Gasteiger charge is -2.20. The molecule has 2 fully saturated rings. The number of rotatable bonds is 8. The molecule has 5 atom stereocenters. The van der Waals surface area contributed by atoms with Crippen molar-refractivity contribution in [3.8, 4) is 0 Å². The number of hydrogen-bond donors (Lipinski definition) is 3. The van der Waals surface area contributed by atoms with E-state index >= 15 is 0 Å². The summed E-state index contributed by atoms with van der Waals surface area (Å²) in [5, 5.41) is 26.7. The quantitative estimate of drug-likeness (QED) is 0.281. The molecule has 0 aromatic rings. The molecule has 0 bridgehead atoms. The lowest BCUT2D eigenvalue weighted by atomic mass is 10.1. The van der Waals surface area contributed by atoms with Crippen LogP contribution in [0.25, 0.3) is 0 Å². The predicted octanol–water partition coefficient (Wildman–Crippen LogP) is -1.09. The van der Waals surface area contributed by atoms with Crippen LogP contribution in [-0.2, 0) is 33.3 Å². The number of carbonyl (C=O) groups excluding carboxylic acids is 1. The van der Waals surface area contributed by atoms with Crippen molar-refractivity contribution in [2.24, 2.45) is 0 Å². The second-order valence-electron chi connectivity index (χ2n) is 5.30. The Balaban J connectivity index is 1.82. The zero-order chi connectivity index (χ0) is 17.7. The number of aliphatic hydroxyl groups is 1. The molecule has 134 valence electrons. The fraction of sp³-hybridized carbons (Fsp3) is 0.643. The van der Waals surface area contributed by atoms with Gasteiger partial charge in [-0.15, -0.1) is 0 Å². The number of ether oxygens (including phenoxy) is 4. The van der Waals surface area contributed by atoms with E-state index in [-0.39, 0.29) is 26.1 Å². The van der Waals surface area contributed by atoms with Gasteiger partial charge in [-0.3, -0.25) is 4.79 Å². The minimum absolute atomic E-state index is 0.0487. The Morgan fingerprint density at radius 1 is 1.08 bits per heavy atom. The SMILES string of the molecule is O=C(O)/C=C\C(=O)O[C@H]1CO[C@H]2[C@@H]1OC[C@H]2OC(O)CCC(=O)O. The molecule has 2 saturated heterocycles. The maximum atomic E-state index is 11.5. The van der Waals surface area contributed by atoms with Gasteiger partial charge in [0.15, 0.2) is 12.4 Å². The number of esters is 1. The molecule has 0 radical (unpaired) electrons. The zero-order valence-electron chi connectivity index (χ0n) is 12.6. The first kappa shape index (κ1) is 18.3. The Labute approximate surface area is 136 Å². The molecule has 0 aliphatic carbocycles. The van der Waals surface area contributed by atoms with Crippen LogP contribution in [0, 0.1) is 0 Å². The molecule has 2 heterocycles. The summed E-state index contributed by atoms with van der Waals surface area (Å²) in [6.07, 6.45) is -2.61. The van der Waals surface area contributed by atoms with E-state index in [0.29, 0.717) is 6.08 Å². The molecular weight excluding hydrogens is 328 g/mol. The number of fused-ring (bicyclic) bond motifs is 1. The lowest BCUT2D eigenvalue weighted by molar-refractivity contribution is -0.167. The van der Waals surface area contributed by atoms with Gasteiger partial charge >= 0.3 is 17.9 Å². The van der Waals surface area contributed by atoms with E-state index in [4.69, 9.17) is 29.2 Å². The Bertz CT molecular complexity index is 516. The van der Waals surface area contributed by atoms with Crippen LogP contribution in [0.3, 0.4) is 0 Å². The number of aliphatic carboxylic acids is 2. The number of carbonyl (C=O) groups is 3. The highest BCUT2D eigenvalue weighted by atomic mass is 16.7. The summed E-state index contributed by atoms with van der Waals surface area (Å²) in [5.74, 6) is -3.15. The molecule has 2 rings (SSSR count). The number of carboxylic acids is 2. The summed E-state index contributed by atoms with van der Waals surface area (Å²) in [6, 6.07) is 0. The van der Waals surface area contributed by atoms with Crippen LogP contribution in [0.5, 0.6) is 0 Å². The Kier molecular flexibility index (Phi) is 6.26. The Morgan fingerprint density at radius 2 is 1.71 bits per heavy atom. The van der Waals surface area contributed by atoms with E-state index in [2.05, 4.69) is 0 Å². The molecule has 0 amide bonds. The fourth-order valence-corrected chi connectivity index (χ4v) is 2.49. The van der Waals surface area contributed by atoms with E-state index in [9.17, 15) is 19.5 Å². The Hall–Kier alpha value is -2.01. The van der Waals surface area contributed by atoms with Crippen molar-refractivity contribution in [1.82, 2.24) is 0 Å². The van der Waals surface area contributed by atoms with E-state index in [1.807, 2.05) is 0 Å². The highest BCUT2D eigenvalue weighted by Crippen LogP contribution is 2.31. The average Bonchev–Trinajstić information content (AvgIpc) is 3.07. The number of aliphatic hydroxyl groups excluding tert-OH is 1. The zero-order valence-corrected chi connectivity index (χ0v) is 12.6. The number of carboxylic acid groups (broad SMARTS) is 2. The summed E-state index contributed by atoms with van der Waals surface area (Å²) >= 11 is 0. The summed E-state index contributed by atoms with van der Waals surface area (Å²) in [4.78, 5) is 32.3. The number of hydrogen-bond acceptors (Lipinski definition) is 8. The molecular formula is C14H18O10. The minimum Gasteiger partial charge on any atom is -0.481 e. The van der Waals surface area contributed by atoms with Crippen molar-refractivity contribution in [3.05, 3.63) is 12.2 Å². The van der Waals surface area contributed by atoms with Gasteiger partial charge in [0.05, 0.1) is 19.6 Å². The molecule has 2 aliphatic heterocycles. The van der Waals surface area contributed by atoms with Crippen LogP contribution in [-0.4, -0.2) is 77.1 Å². The first-order valence-electron chi connectivity index (χ1n) is 7.27. The van der Waals surface area contributed by atoms with Crippen LogP contribution in [0.15, 0.2) is 12.2 Å². The molecule has 10 heteroatoms. The second-order valence-corrected chi connectivity index (χ2v) is 5.30. The van der Waals surface area contributed by atoms with Gasteiger partial charge in [0, 0.05) is 18.6 Å². The van der Waals surface area contributed by atoms with Gasteiger partial charge in [-0.05, 0) is 0 Å². The van der Waals surface area contributed by atoms with Gasteiger partial charge in [0.1, 0.15) is 18.3 Å². The molecule has 0 aromatic carbocycles. The van der Waals surface area contributed by atoms with Crippen molar-refractivity contribution >= 4 is 17.9 Å². The summed E-state index contributed by atoms with van der Waals surface area (Å²) in [5.41, 5.74) is 0. The van der Waals surface area contributed by atoms with Gasteiger partial charge in [-0.1, -0.05) is 0 Å². The first-order chi connectivity index (χ1) is 11.4. The van der Waals surface area contributed by atoms with Crippen LogP contribution in [0.2, 0.25) is 0 Å². The van der Waals surface area contributed by atoms with Gasteiger partial charge in [-0.25, -0.2) is 9.59 Å². The smallest absolute Gasteiger partial charge is 0.331 e. The molecule has 0 saturated carbocycles. The van der Waals surface area contributed by atoms with Crippen molar-refractivity contribution < 1.29 is 48.7 Å². The summed E-state index contributed by atoms with van der Waals surface area (Å²) < 4.78 is 21.3. The van der Waals surface area contributed by atoms with E-state index in [1.54, 1.807) is 0 Å². The maximum Gasteiger partial charge on any atom is 0.331 e. The van der Waals surface area contributed by atoms with Crippen molar-refractivity contribution in [1.29, 1.82) is 0 Å². The van der Waals surface area contributed by atoms with E-state index in [0.717, 1.165) is 6.08 Å². The van der Waals surface area contributed by atoms with Crippen LogP contribution >= 0.6 is 0 Å². The standard InChI is InChI=1S/C14H18O10/c15-9(16)1-3-11(19)23-7-5-21-14-8(6-22-13(7)14)24-12(20)4-2-10(17)18/h1,3,7-8,12-14,20H,2,4-6H2,(H,15,16)(H,17,18)/b3-1-/t7-,8+,12?,13+,14+/m0/s1. The second kappa shape index (κ2) is 8.20. The third kappa shape index (κ3) is 4.99. The fourth-order valence-electron chi connectivity index (χ4n) is 2.49. The highest BCUT2D eigenvalue weighted by molar-refractivity contribution is 5.90. The summed E-state index contributed by atoms with van der Waals surface area (Å²) in [6.45, 7) is 0.144. The van der Waals surface area contributed by atoms with Gasteiger partial charge in [0.25, 0.3) is 0 Å². The van der Waals surface area contributed by atoms with Crippen molar-refractivity contribution in [2.45, 2.75) is 43.5 Å². The van der Waals surface area contributed by atoms with Crippen LogP contribution in [0.4, 0.5) is 0 Å². The first-order valence-corrected chi connectivity index (χ1v) is 7.27. The van der Waals surface area contributed by atoms with Crippen molar-refractivity contribution in [3.63, 3.8) is 0 Å². The molecule has 10 nitrogen and oxygen atoms in total. The molecule has 0 aromatic heterocycles. The molecule has 3 N–H and O–H groups in total. The normalized spacial score (nSPS) is 30.2. The molecule has 2 aliphatic rings. The topological polar surface area (TPSA) is 149 Å². The molecule has 0 spiro atoms. The minimum atomic E-state index is -1.27. The van der Waals surface area contributed by atoms with Crippen LogP contribution < -0.4 is 0 Å². The van der Waals surface area contributed by atoms with Gasteiger partial charge in [0.2, 0.25) is 0 Å². The third-order valence-electron chi connectivity index (χ3n) is 3.53. The largest absolute Gasteiger partial charge is 0.481 e. The van der Waals surface area contributed by atoms with Gasteiger partial charge in [-0.2, -0.15) is 0 Å². The predicted molar refractivity (Wildman–Crippen MR) is 73.9 cm³/mol. The lowest BCUT2D eigenvalue weighted by Crippen LogP contribution is -2.36. The highest BCUT2D eigenvalue weighted by Gasteiger charge is 2.50. The van der Waals surface area contributed by atoms with Gasteiger partial charge < -0.3 is 34.3 Å². The average molecular weight is 346 g/mol. The molecule has 1 unspecified atom stereocenters. The third-order valence-corrected chi connectivity index (χ3v) is 3.53. The van der Waals surface area contributed by atoms with E-state index < -0.39 is 48.6 Å². The van der Waals surface area contributed by atoms with E-state index in [1.165, 1.54) is 0 Å². The molecule has 24 heavy (non-hydrogen) atoms. The monoisotopic (exact) mass is 346 g/mol.